The molecular weight excluding hydrogens is 274 g/mol. The molecule has 1 aliphatic heterocycles. The molecule has 0 aromatic heterocycles. The normalized spacial score (nSPS) is 16.0. The first kappa shape index (κ1) is 15.3. The van der Waals surface area contributed by atoms with Crippen molar-refractivity contribution in [3.8, 4) is 0 Å². The third-order valence-electron chi connectivity index (χ3n) is 3.46. The first-order valence-electron chi connectivity index (χ1n) is 6.92. The number of sulfonamides is 1. The van der Waals surface area contributed by atoms with Crippen molar-refractivity contribution in [1.82, 2.24) is 9.62 Å². The highest BCUT2D eigenvalue weighted by Gasteiger charge is 2.20. The predicted molar refractivity (Wildman–Crippen MR) is 81.6 cm³/mol. The summed E-state index contributed by atoms with van der Waals surface area (Å²) in [5.41, 5.74) is 2.12. The highest BCUT2D eigenvalue weighted by atomic mass is 32.2. The van der Waals surface area contributed by atoms with Crippen LogP contribution in [0.5, 0.6) is 0 Å². The number of hydrogen-bond donors (Lipinski definition) is 2. The van der Waals surface area contributed by atoms with Crippen LogP contribution in [0, 0.1) is 0 Å². The Bertz CT molecular complexity index is 570. The summed E-state index contributed by atoms with van der Waals surface area (Å²) in [6.45, 7) is 3.64. The molecule has 0 saturated carbocycles. The smallest absolute Gasteiger partial charge is 0.240 e. The summed E-state index contributed by atoms with van der Waals surface area (Å²) >= 11 is 0. The number of hydrogen-bond acceptors (Lipinski definition) is 4. The molecule has 2 rings (SSSR count). The standard InChI is InChI=1S/C14H23N3O2S/c1-11(7-9-17(2)3)16-20(18,19)13-4-5-14-12(10-13)6-8-15-14/h4-5,10-11,15-16H,6-9H2,1-3H3. The van der Waals surface area contributed by atoms with Crippen molar-refractivity contribution in [3.63, 3.8) is 0 Å². The van der Waals surface area contributed by atoms with Gasteiger partial charge in [-0.25, -0.2) is 13.1 Å². The van der Waals surface area contributed by atoms with Gasteiger partial charge in [-0.05, 0) is 64.2 Å². The molecule has 1 aliphatic rings. The zero-order valence-electron chi connectivity index (χ0n) is 12.3. The number of nitrogens with one attached hydrogen (secondary N) is 2. The number of rotatable bonds is 6. The van der Waals surface area contributed by atoms with Crippen molar-refractivity contribution in [2.75, 3.05) is 32.5 Å². The van der Waals surface area contributed by atoms with Crippen LogP contribution in [0.4, 0.5) is 5.69 Å². The molecule has 2 N–H and O–H groups in total. The van der Waals surface area contributed by atoms with E-state index in [1.54, 1.807) is 12.1 Å². The Labute approximate surface area is 121 Å². The fourth-order valence-corrected chi connectivity index (χ4v) is 3.62. The van der Waals surface area contributed by atoms with Crippen LogP contribution in [-0.4, -0.2) is 46.5 Å². The molecule has 0 fully saturated rings. The molecule has 1 aromatic carbocycles. The van der Waals surface area contributed by atoms with Crippen molar-refractivity contribution in [3.05, 3.63) is 23.8 Å². The van der Waals surface area contributed by atoms with E-state index in [0.717, 1.165) is 37.2 Å². The van der Waals surface area contributed by atoms with E-state index in [-0.39, 0.29) is 6.04 Å². The number of nitrogens with zero attached hydrogens (tertiary/aromatic N) is 1. The van der Waals surface area contributed by atoms with E-state index in [2.05, 4.69) is 10.0 Å². The fourth-order valence-electron chi connectivity index (χ4n) is 2.29. The lowest BCUT2D eigenvalue weighted by Gasteiger charge is -2.17. The first-order valence-corrected chi connectivity index (χ1v) is 8.40. The van der Waals surface area contributed by atoms with Gasteiger partial charge in [-0.2, -0.15) is 0 Å². The highest BCUT2D eigenvalue weighted by Crippen LogP contribution is 2.25. The van der Waals surface area contributed by atoms with E-state index >= 15 is 0 Å². The summed E-state index contributed by atoms with van der Waals surface area (Å²) in [4.78, 5) is 2.41. The maximum Gasteiger partial charge on any atom is 0.240 e. The average Bonchev–Trinajstić information content (AvgIpc) is 2.83. The molecule has 20 heavy (non-hydrogen) atoms. The van der Waals surface area contributed by atoms with Gasteiger partial charge in [0.05, 0.1) is 4.90 Å². The largest absolute Gasteiger partial charge is 0.384 e. The maximum atomic E-state index is 12.3. The molecule has 0 aliphatic carbocycles. The zero-order valence-corrected chi connectivity index (χ0v) is 13.1. The molecule has 1 atom stereocenters. The third kappa shape index (κ3) is 3.71. The van der Waals surface area contributed by atoms with E-state index < -0.39 is 10.0 Å². The van der Waals surface area contributed by atoms with Gasteiger partial charge in [0.25, 0.3) is 0 Å². The highest BCUT2D eigenvalue weighted by molar-refractivity contribution is 7.89. The minimum absolute atomic E-state index is 0.0752. The van der Waals surface area contributed by atoms with Gasteiger partial charge in [-0.1, -0.05) is 0 Å². The Morgan fingerprint density at radius 2 is 2.15 bits per heavy atom. The Hall–Kier alpha value is -1.11. The molecule has 0 saturated heterocycles. The molecular formula is C14H23N3O2S. The van der Waals surface area contributed by atoms with Gasteiger partial charge >= 0.3 is 0 Å². The summed E-state index contributed by atoms with van der Waals surface area (Å²) in [7, 11) is 0.536. The lowest BCUT2D eigenvalue weighted by Crippen LogP contribution is -2.34. The summed E-state index contributed by atoms with van der Waals surface area (Å²) in [5, 5.41) is 3.23. The number of benzene rings is 1. The molecule has 112 valence electrons. The molecule has 1 aromatic rings. The summed E-state index contributed by atoms with van der Waals surface area (Å²) < 4.78 is 27.4. The molecule has 0 amide bonds. The first-order chi connectivity index (χ1) is 9.38. The molecule has 0 spiro atoms. The van der Waals surface area contributed by atoms with Gasteiger partial charge < -0.3 is 10.2 Å². The topological polar surface area (TPSA) is 61.4 Å². The second kappa shape index (κ2) is 6.11. The molecule has 5 nitrogen and oxygen atoms in total. The van der Waals surface area contributed by atoms with Gasteiger partial charge in [0, 0.05) is 18.3 Å². The van der Waals surface area contributed by atoms with E-state index in [4.69, 9.17) is 0 Å². The predicted octanol–water partition coefficient (Wildman–Crippen LogP) is 1.27. The van der Waals surface area contributed by atoms with Crippen molar-refractivity contribution >= 4 is 15.7 Å². The van der Waals surface area contributed by atoms with Gasteiger partial charge in [-0.3, -0.25) is 0 Å². The molecule has 6 heteroatoms. The van der Waals surface area contributed by atoms with Crippen LogP contribution in [0.2, 0.25) is 0 Å². The van der Waals surface area contributed by atoms with Crippen LogP contribution in [0.25, 0.3) is 0 Å². The Balaban J connectivity index is 2.06. The molecule has 0 bridgehead atoms. The van der Waals surface area contributed by atoms with Crippen LogP contribution >= 0.6 is 0 Å². The quantitative estimate of drug-likeness (QED) is 0.830. The van der Waals surface area contributed by atoms with Crippen molar-refractivity contribution < 1.29 is 8.42 Å². The average molecular weight is 297 g/mol. The monoisotopic (exact) mass is 297 g/mol. The van der Waals surface area contributed by atoms with Gasteiger partial charge in [0.2, 0.25) is 10.0 Å². The van der Waals surface area contributed by atoms with E-state index in [1.165, 1.54) is 0 Å². The van der Waals surface area contributed by atoms with Crippen LogP contribution in [0.1, 0.15) is 18.9 Å². The van der Waals surface area contributed by atoms with Gasteiger partial charge in [0.1, 0.15) is 0 Å². The van der Waals surface area contributed by atoms with E-state index in [0.29, 0.717) is 4.90 Å². The zero-order chi connectivity index (χ0) is 14.8. The second-order valence-electron chi connectivity index (χ2n) is 5.61. The van der Waals surface area contributed by atoms with Crippen LogP contribution in [0.3, 0.4) is 0 Å². The Morgan fingerprint density at radius 1 is 1.40 bits per heavy atom. The van der Waals surface area contributed by atoms with Gasteiger partial charge in [-0.15, -0.1) is 0 Å². The minimum atomic E-state index is -3.43. The summed E-state index contributed by atoms with van der Waals surface area (Å²) in [6, 6.07) is 5.21. The molecule has 1 unspecified atom stereocenters. The Kier molecular flexibility index (Phi) is 4.67. The molecule has 1 heterocycles. The lowest BCUT2D eigenvalue weighted by molar-refractivity contribution is 0.379. The third-order valence-corrected chi connectivity index (χ3v) is 5.05. The number of fused-ring (bicyclic) bond motifs is 1. The SMILES string of the molecule is CC(CCN(C)C)NS(=O)(=O)c1ccc2c(c1)CCN2. The van der Waals surface area contributed by atoms with Crippen molar-refractivity contribution in [2.24, 2.45) is 0 Å². The van der Waals surface area contributed by atoms with Crippen molar-refractivity contribution in [1.29, 1.82) is 0 Å². The molecule has 0 radical (unpaired) electrons. The van der Waals surface area contributed by atoms with Gasteiger partial charge in [0.15, 0.2) is 0 Å². The van der Waals surface area contributed by atoms with Crippen molar-refractivity contribution in [2.45, 2.75) is 30.7 Å². The Morgan fingerprint density at radius 3 is 2.85 bits per heavy atom. The van der Waals surface area contributed by atoms with E-state index in [9.17, 15) is 8.42 Å². The lowest BCUT2D eigenvalue weighted by atomic mass is 10.2. The summed E-state index contributed by atoms with van der Waals surface area (Å²) in [5.74, 6) is 0. The maximum absolute atomic E-state index is 12.3. The van der Waals surface area contributed by atoms with Crippen LogP contribution in [0.15, 0.2) is 23.1 Å². The van der Waals surface area contributed by atoms with Crippen LogP contribution < -0.4 is 10.0 Å². The van der Waals surface area contributed by atoms with Crippen LogP contribution in [-0.2, 0) is 16.4 Å². The minimum Gasteiger partial charge on any atom is -0.384 e. The van der Waals surface area contributed by atoms with E-state index in [1.807, 2.05) is 32.0 Å². The fraction of sp³-hybridized carbons (Fsp3) is 0.571. The second-order valence-corrected chi connectivity index (χ2v) is 7.32. The number of anilines is 1. The summed E-state index contributed by atoms with van der Waals surface area (Å²) in [6.07, 6.45) is 1.67.